The van der Waals surface area contributed by atoms with Crippen LogP contribution in [0.25, 0.3) is 0 Å². The summed E-state index contributed by atoms with van der Waals surface area (Å²) in [5.41, 5.74) is 0.252. The monoisotopic (exact) mass is 365 g/mol. The molecule has 25 heavy (non-hydrogen) atoms. The molecular weight excluding hydrogens is 346 g/mol. The van der Waals surface area contributed by atoms with Crippen LogP contribution in [0, 0.1) is 0 Å². The maximum absolute atomic E-state index is 12.6. The van der Waals surface area contributed by atoms with Gasteiger partial charge < -0.3 is 14.8 Å². The number of carboxylic acids is 1. The van der Waals surface area contributed by atoms with E-state index in [1.54, 1.807) is 0 Å². The number of carbonyl (C=O) groups is 1. The summed E-state index contributed by atoms with van der Waals surface area (Å²) in [4.78, 5) is 15.1. The highest BCUT2D eigenvalue weighted by Crippen LogP contribution is 2.27. The van der Waals surface area contributed by atoms with Crippen molar-refractivity contribution in [2.24, 2.45) is 0 Å². The van der Waals surface area contributed by atoms with E-state index in [-0.39, 0.29) is 22.3 Å². The van der Waals surface area contributed by atoms with E-state index in [1.807, 2.05) is 11.5 Å². The van der Waals surface area contributed by atoms with Crippen molar-refractivity contribution in [3.05, 3.63) is 41.9 Å². The number of anilines is 1. The summed E-state index contributed by atoms with van der Waals surface area (Å²) in [6.45, 7) is 2.02. The van der Waals surface area contributed by atoms with Gasteiger partial charge in [-0.2, -0.15) is 8.42 Å². The van der Waals surface area contributed by atoms with Gasteiger partial charge >= 0.3 is 5.97 Å². The van der Waals surface area contributed by atoms with Gasteiger partial charge in [0.25, 0.3) is 10.0 Å². The second-order valence-corrected chi connectivity index (χ2v) is 7.74. The summed E-state index contributed by atoms with van der Waals surface area (Å²) >= 11 is 0. The Bertz CT molecular complexity index is 906. The lowest BCUT2D eigenvalue weighted by atomic mass is 10.1. The Kier molecular flexibility index (Phi) is 4.53. The highest BCUT2D eigenvalue weighted by atomic mass is 32.2. The van der Waals surface area contributed by atoms with Crippen LogP contribution in [-0.2, 0) is 21.2 Å². The Morgan fingerprint density at radius 2 is 2.20 bits per heavy atom. The van der Waals surface area contributed by atoms with Crippen molar-refractivity contribution in [3.63, 3.8) is 0 Å². The van der Waals surface area contributed by atoms with Gasteiger partial charge in [-0.25, -0.2) is 9.78 Å². The third-order valence-electron chi connectivity index (χ3n) is 4.25. The molecule has 0 bridgehead atoms. The number of nitrogens with zero attached hydrogens (tertiary/aromatic N) is 2. The highest BCUT2D eigenvalue weighted by molar-refractivity contribution is 7.92. The molecular formula is C16H19N3O5S. The smallest absolute Gasteiger partial charge is 0.337 e. The first kappa shape index (κ1) is 17.4. The van der Waals surface area contributed by atoms with Crippen LogP contribution in [0.15, 0.2) is 35.5 Å². The number of hydrogen-bond acceptors (Lipinski definition) is 5. The van der Waals surface area contributed by atoms with Gasteiger partial charge in [0.15, 0.2) is 11.1 Å². The first-order valence-corrected chi connectivity index (χ1v) is 9.37. The third-order valence-corrected chi connectivity index (χ3v) is 5.50. The van der Waals surface area contributed by atoms with Gasteiger partial charge in [0, 0.05) is 24.3 Å². The van der Waals surface area contributed by atoms with Crippen LogP contribution >= 0.6 is 0 Å². The van der Waals surface area contributed by atoms with Gasteiger partial charge in [-0.3, -0.25) is 4.72 Å². The topological polar surface area (TPSA) is 122 Å². The molecule has 1 aliphatic rings. The van der Waals surface area contributed by atoms with Gasteiger partial charge in [0.05, 0.1) is 0 Å². The minimum atomic E-state index is -3.90. The zero-order valence-corrected chi connectivity index (χ0v) is 14.4. The fourth-order valence-electron chi connectivity index (χ4n) is 2.92. The standard InChI is InChI=1S/C16H19N3O5S/c1-10-4-2-7-13-17-14(9-19(10)13)25(23,24)18-12-6-3-5-11(8-12)15(20)16(21)22/h3,5-6,8-10,15,18,20H,2,4,7H2,1H3,(H,21,22). The summed E-state index contributed by atoms with van der Waals surface area (Å²) < 4.78 is 29.4. The molecule has 1 aromatic heterocycles. The Morgan fingerprint density at radius 3 is 2.88 bits per heavy atom. The van der Waals surface area contributed by atoms with Crippen LogP contribution < -0.4 is 4.72 Å². The lowest BCUT2D eigenvalue weighted by molar-refractivity contribution is -0.146. The SMILES string of the molecule is CC1CCCc2nc(S(=O)(=O)Nc3cccc(C(O)C(=O)O)c3)cn21. The molecule has 1 aliphatic heterocycles. The molecule has 3 N–H and O–H groups in total. The normalized spacial score (nSPS) is 18.4. The Hall–Kier alpha value is -2.39. The second kappa shape index (κ2) is 6.49. The number of rotatable bonds is 5. The Morgan fingerprint density at radius 1 is 1.44 bits per heavy atom. The number of aryl methyl sites for hydroxylation is 1. The quantitative estimate of drug-likeness (QED) is 0.741. The van der Waals surface area contributed by atoms with E-state index < -0.39 is 22.1 Å². The van der Waals surface area contributed by atoms with Crippen molar-refractivity contribution in [3.8, 4) is 0 Å². The largest absolute Gasteiger partial charge is 0.479 e. The summed E-state index contributed by atoms with van der Waals surface area (Å²) in [7, 11) is -3.90. The zero-order chi connectivity index (χ0) is 18.2. The second-order valence-electron chi connectivity index (χ2n) is 6.12. The molecule has 9 heteroatoms. The lowest BCUT2D eigenvalue weighted by Gasteiger charge is -2.20. The molecule has 2 unspecified atom stereocenters. The molecule has 134 valence electrons. The Balaban J connectivity index is 1.87. The van der Waals surface area contributed by atoms with Crippen LogP contribution in [0.5, 0.6) is 0 Å². The van der Waals surface area contributed by atoms with Crippen LogP contribution in [0.3, 0.4) is 0 Å². The van der Waals surface area contributed by atoms with Gasteiger partial charge in [-0.05, 0) is 37.5 Å². The molecule has 0 aliphatic carbocycles. The summed E-state index contributed by atoms with van der Waals surface area (Å²) in [5.74, 6) is -0.662. The van der Waals surface area contributed by atoms with E-state index in [0.717, 1.165) is 25.1 Å². The van der Waals surface area contributed by atoms with Gasteiger partial charge in [0.2, 0.25) is 0 Å². The molecule has 0 amide bonds. The average Bonchev–Trinajstić information content (AvgIpc) is 3.00. The van der Waals surface area contributed by atoms with E-state index in [9.17, 15) is 18.3 Å². The predicted octanol–water partition coefficient (Wildman–Crippen LogP) is 1.70. The highest BCUT2D eigenvalue weighted by Gasteiger charge is 2.25. The van der Waals surface area contributed by atoms with Gasteiger partial charge in [-0.15, -0.1) is 0 Å². The van der Waals surface area contributed by atoms with Crippen molar-refractivity contribution in [1.82, 2.24) is 9.55 Å². The molecule has 1 aromatic carbocycles. The predicted molar refractivity (Wildman–Crippen MR) is 89.7 cm³/mol. The maximum Gasteiger partial charge on any atom is 0.337 e. The number of fused-ring (bicyclic) bond motifs is 1. The number of imidazole rings is 1. The van der Waals surface area contributed by atoms with E-state index in [4.69, 9.17) is 5.11 Å². The number of aliphatic hydroxyl groups excluding tert-OH is 1. The maximum atomic E-state index is 12.6. The number of nitrogens with one attached hydrogen (secondary N) is 1. The molecule has 2 aromatic rings. The molecule has 0 radical (unpaired) electrons. The number of carboxylic acid groups (broad SMARTS) is 1. The molecule has 8 nitrogen and oxygen atoms in total. The fraction of sp³-hybridized carbons (Fsp3) is 0.375. The van der Waals surface area contributed by atoms with E-state index in [0.29, 0.717) is 0 Å². The van der Waals surface area contributed by atoms with Crippen LogP contribution in [0.1, 0.15) is 43.3 Å². The number of aliphatic carboxylic acids is 1. The van der Waals surface area contributed by atoms with Gasteiger partial charge in [0.1, 0.15) is 5.82 Å². The van der Waals surface area contributed by atoms with Crippen molar-refractivity contribution in [1.29, 1.82) is 0 Å². The first-order chi connectivity index (χ1) is 11.8. The summed E-state index contributed by atoms with van der Waals surface area (Å²) in [6, 6.07) is 5.85. The zero-order valence-electron chi connectivity index (χ0n) is 13.6. The van der Waals surface area contributed by atoms with Crippen LogP contribution in [0.2, 0.25) is 0 Å². The van der Waals surface area contributed by atoms with Crippen LogP contribution in [-0.4, -0.2) is 34.2 Å². The lowest BCUT2D eigenvalue weighted by Crippen LogP contribution is -2.15. The molecule has 0 saturated carbocycles. The van der Waals surface area contributed by atoms with E-state index >= 15 is 0 Å². The van der Waals surface area contributed by atoms with Crippen molar-refractivity contribution < 1.29 is 23.4 Å². The summed E-state index contributed by atoms with van der Waals surface area (Å²) in [5, 5.41) is 18.4. The first-order valence-electron chi connectivity index (χ1n) is 7.89. The minimum Gasteiger partial charge on any atom is -0.479 e. The molecule has 2 atom stereocenters. The third kappa shape index (κ3) is 3.52. The summed E-state index contributed by atoms with van der Waals surface area (Å²) in [6.07, 6.45) is 2.49. The number of aliphatic hydroxyl groups is 1. The number of benzene rings is 1. The van der Waals surface area contributed by atoms with Gasteiger partial charge in [-0.1, -0.05) is 12.1 Å². The Labute approximate surface area is 145 Å². The minimum absolute atomic E-state index is 0.0690. The van der Waals surface area contributed by atoms with Crippen molar-refractivity contribution >= 4 is 21.7 Å². The molecule has 0 saturated heterocycles. The van der Waals surface area contributed by atoms with Crippen molar-refractivity contribution in [2.75, 3.05) is 4.72 Å². The van der Waals surface area contributed by atoms with Crippen LogP contribution in [0.4, 0.5) is 5.69 Å². The molecule has 0 fully saturated rings. The molecule has 3 rings (SSSR count). The molecule has 2 heterocycles. The number of hydrogen-bond donors (Lipinski definition) is 3. The number of aromatic nitrogens is 2. The average molecular weight is 365 g/mol. The molecule has 0 spiro atoms. The van der Waals surface area contributed by atoms with Crippen molar-refractivity contribution in [2.45, 2.75) is 43.4 Å². The fourth-order valence-corrected chi connectivity index (χ4v) is 3.94. The van der Waals surface area contributed by atoms with E-state index in [1.165, 1.54) is 30.5 Å². The number of sulfonamides is 1. The van der Waals surface area contributed by atoms with E-state index in [2.05, 4.69) is 9.71 Å².